The van der Waals surface area contributed by atoms with Crippen molar-refractivity contribution in [3.63, 3.8) is 0 Å². The minimum atomic E-state index is -3.76. The van der Waals surface area contributed by atoms with Gasteiger partial charge < -0.3 is 15.2 Å². The predicted molar refractivity (Wildman–Crippen MR) is 127 cm³/mol. The number of nitrogens with one attached hydrogen (secondary N) is 1. The lowest BCUT2D eigenvalue weighted by Crippen LogP contribution is -2.57. The number of hydrogen-bond acceptors (Lipinski definition) is 5. The van der Waals surface area contributed by atoms with Crippen LogP contribution in [0.3, 0.4) is 0 Å². The number of carbonyl (C=O) groups is 2. The molecule has 3 fully saturated rings. The van der Waals surface area contributed by atoms with Gasteiger partial charge in [-0.25, -0.2) is 8.42 Å². The quantitative estimate of drug-likeness (QED) is 0.489. The molecule has 0 heterocycles. The van der Waals surface area contributed by atoms with Gasteiger partial charge in [0.05, 0.1) is 29.9 Å². The number of sulfonamides is 1. The van der Waals surface area contributed by atoms with E-state index in [0.29, 0.717) is 44.4 Å². The lowest BCUT2D eigenvalue weighted by Gasteiger charge is -2.42. The molecule has 0 saturated heterocycles. The Balaban J connectivity index is 1.81. The summed E-state index contributed by atoms with van der Waals surface area (Å²) < 4.78 is 34.6. The number of rotatable bonds is 8. The van der Waals surface area contributed by atoms with Gasteiger partial charge in [0.2, 0.25) is 15.9 Å². The van der Waals surface area contributed by atoms with Gasteiger partial charge in [0.15, 0.2) is 0 Å². The highest BCUT2D eigenvalue weighted by Gasteiger charge is 2.44. The molecule has 0 aliphatic heterocycles. The summed E-state index contributed by atoms with van der Waals surface area (Å²) in [5.74, 6) is -1.51. The summed E-state index contributed by atoms with van der Waals surface area (Å²) in [7, 11) is -2.19. The molecule has 5 unspecified atom stereocenters. The van der Waals surface area contributed by atoms with Crippen molar-refractivity contribution in [2.75, 3.05) is 13.7 Å². The zero-order valence-corrected chi connectivity index (χ0v) is 21.3. The van der Waals surface area contributed by atoms with Gasteiger partial charge in [-0.05, 0) is 63.7 Å². The van der Waals surface area contributed by atoms with Crippen LogP contribution in [0.2, 0.25) is 0 Å². The van der Waals surface area contributed by atoms with E-state index in [1.807, 2.05) is 0 Å². The predicted octanol–water partition coefficient (Wildman–Crippen LogP) is 3.13. The van der Waals surface area contributed by atoms with Gasteiger partial charge in [0, 0.05) is 18.5 Å². The van der Waals surface area contributed by atoms with Crippen LogP contribution in [0.25, 0.3) is 0 Å². The Morgan fingerprint density at radius 1 is 1.06 bits per heavy atom. The highest BCUT2D eigenvalue weighted by molar-refractivity contribution is 7.89. The van der Waals surface area contributed by atoms with Crippen molar-refractivity contribution in [3.8, 4) is 0 Å². The van der Waals surface area contributed by atoms with Crippen molar-refractivity contribution in [3.05, 3.63) is 0 Å². The second kappa shape index (κ2) is 11.7. The number of carboxylic acids is 1. The first kappa shape index (κ1) is 26.7. The summed E-state index contributed by atoms with van der Waals surface area (Å²) in [5, 5.41) is 11.7. The zero-order valence-electron chi connectivity index (χ0n) is 19.7. The average Bonchev–Trinajstić information content (AvgIpc) is 2.78. The van der Waals surface area contributed by atoms with Crippen molar-refractivity contribution in [2.45, 2.75) is 106 Å². The van der Waals surface area contributed by atoms with Crippen LogP contribution in [0.4, 0.5) is 0 Å². The van der Waals surface area contributed by atoms with Gasteiger partial charge in [-0.15, -0.1) is 11.6 Å². The number of alkyl halides is 1. The lowest BCUT2D eigenvalue weighted by molar-refractivity contribution is -0.144. The van der Waals surface area contributed by atoms with E-state index in [9.17, 15) is 23.1 Å². The van der Waals surface area contributed by atoms with E-state index in [4.69, 9.17) is 16.3 Å². The van der Waals surface area contributed by atoms with E-state index in [1.165, 1.54) is 4.31 Å². The van der Waals surface area contributed by atoms with Crippen LogP contribution < -0.4 is 5.32 Å². The number of nitrogens with zero attached hydrogens (tertiary/aromatic N) is 1. The molecule has 0 aromatic heterocycles. The topological polar surface area (TPSA) is 113 Å². The third-order valence-electron chi connectivity index (χ3n) is 7.80. The summed E-state index contributed by atoms with van der Waals surface area (Å²) in [6, 6.07) is -0.989. The second-order valence-corrected chi connectivity index (χ2v) is 12.9. The third kappa shape index (κ3) is 6.61. The number of methoxy groups -OCH3 is 1. The maximum absolute atomic E-state index is 13.8. The molecule has 10 heteroatoms. The maximum atomic E-state index is 13.8. The van der Waals surface area contributed by atoms with E-state index < -0.39 is 45.2 Å². The highest BCUT2D eigenvalue weighted by Crippen LogP contribution is 2.35. The molecule has 2 N–H and O–H groups in total. The van der Waals surface area contributed by atoms with Crippen LogP contribution in [-0.4, -0.2) is 72.2 Å². The van der Waals surface area contributed by atoms with Gasteiger partial charge in [-0.2, -0.15) is 4.31 Å². The number of aliphatic carboxylic acids is 1. The second-order valence-electron chi connectivity index (χ2n) is 10.1. The molecule has 3 aliphatic rings. The van der Waals surface area contributed by atoms with Crippen molar-refractivity contribution in [1.29, 1.82) is 0 Å². The van der Waals surface area contributed by atoms with Gasteiger partial charge in [0.1, 0.15) is 0 Å². The first-order valence-corrected chi connectivity index (χ1v) is 14.3. The molecule has 0 radical (unpaired) electrons. The molecule has 0 spiro atoms. The Hall–Kier alpha value is -0.900. The van der Waals surface area contributed by atoms with Gasteiger partial charge in [-0.1, -0.05) is 19.8 Å². The average molecular weight is 507 g/mol. The monoisotopic (exact) mass is 506 g/mol. The fourth-order valence-electron chi connectivity index (χ4n) is 5.76. The van der Waals surface area contributed by atoms with E-state index >= 15 is 0 Å². The molecule has 1 amide bonds. The van der Waals surface area contributed by atoms with Crippen LogP contribution in [0.5, 0.6) is 0 Å². The summed E-state index contributed by atoms with van der Waals surface area (Å²) in [6.45, 7) is 1.81. The molecule has 33 heavy (non-hydrogen) atoms. The molecular formula is C23H39ClN2O6S. The number of carboxylic acid groups (broad SMARTS) is 1. The van der Waals surface area contributed by atoms with Gasteiger partial charge in [0.25, 0.3) is 0 Å². The molecule has 0 aromatic carbocycles. The molecular weight excluding hydrogens is 468 g/mol. The van der Waals surface area contributed by atoms with Crippen molar-refractivity contribution in [2.24, 2.45) is 11.8 Å². The highest BCUT2D eigenvalue weighted by atomic mass is 35.5. The van der Waals surface area contributed by atoms with Gasteiger partial charge >= 0.3 is 5.97 Å². The Morgan fingerprint density at radius 2 is 1.73 bits per heavy atom. The van der Waals surface area contributed by atoms with Crippen LogP contribution in [0, 0.1) is 11.8 Å². The number of halogens is 1. The Bertz CT molecular complexity index is 786. The van der Waals surface area contributed by atoms with Crippen LogP contribution >= 0.6 is 11.6 Å². The third-order valence-corrected chi connectivity index (χ3v) is 10.6. The van der Waals surface area contributed by atoms with E-state index in [2.05, 4.69) is 12.2 Å². The van der Waals surface area contributed by atoms with Crippen molar-refractivity contribution in [1.82, 2.24) is 9.62 Å². The zero-order chi connectivity index (χ0) is 24.2. The summed E-state index contributed by atoms with van der Waals surface area (Å²) in [6.07, 6.45) is 7.11. The van der Waals surface area contributed by atoms with Crippen LogP contribution in [-0.2, 0) is 24.3 Å². The van der Waals surface area contributed by atoms with Crippen LogP contribution in [0.1, 0.15) is 77.6 Å². The fraction of sp³-hybridized carbons (Fsp3) is 0.913. The van der Waals surface area contributed by atoms with E-state index in [1.54, 1.807) is 7.11 Å². The van der Waals surface area contributed by atoms with E-state index in [0.717, 1.165) is 32.1 Å². The first-order valence-electron chi connectivity index (χ1n) is 12.3. The Kier molecular flexibility index (Phi) is 9.46. The summed E-state index contributed by atoms with van der Waals surface area (Å²) in [4.78, 5) is 24.7. The number of hydrogen-bond donors (Lipinski definition) is 2. The molecule has 3 saturated carbocycles. The van der Waals surface area contributed by atoms with Crippen molar-refractivity contribution < 1.29 is 27.9 Å². The van der Waals surface area contributed by atoms with Crippen molar-refractivity contribution >= 4 is 33.5 Å². The molecule has 3 aliphatic carbocycles. The number of carbonyl (C=O) groups excluding carboxylic acids is 1. The number of amides is 1. The first-order chi connectivity index (χ1) is 15.6. The maximum Gasteiger partial charge on any atom is 0.308 e. The Morgan fingerprint density at radius 3 is 2.36 bits per heavy atom. The minimum absolute atomic E-state index is 0.178. The molecule has 0 aromatic rings. The molecule has 3 rings (SSSR count). The lowest BCUT2D eigenvalue weighted by atomic mass is 9.84. The standard InChI is InChI=1S/C23H39ClN2O6S/c1-15-7-10-17(11-8-15)33(30,31)26(20-13-16(24)9-12-21(20)32-2)14-22(27)25-19-6-4-3-5-18(19)23(28)29/h15-21H,3-14H2,1-2H3,(H,25,27)(H,28,29). The minimum Gasteiger partial charge on any atom is -0.481 e. The fourth-order valence-corrected chi connectivity index (χ4v) is 8.21. The normalized spacial score (nSPS) is 35.8. The van der Waals surface area contributed by atoms with E-state index in [-0.39, 0.29) is 18.0 Å². The summed E-state index contributed by atoms with van der Waals surface area (Å²) in [5.41, 5.74) is 0. The number of ether oxygens (including phenoxy) is 1. The molecule has 190 valence electrons. The molecule has 5 atom stereocenters. The smallest absolute Gasteiger partial charge is 0.308 e. The molecule has 8 nitrogen and oxygen atoms in total. The van der Waals surface area contributed by atoms with Crippen LogP contribution in [0.15, 0.2) is 0 Å². The Labute approximate surface area is 202 Å². The molecule has 0 bridgehead atoms. The van der Waals surface area contributed by atoms with Gasteiger partial charge in [-0.3, -0.25) is 9.59 Å². The SMILES string of the molecule is COC1CCC(Cl)CC1N(CC(=O)NC1CCCCC1C(=O)O)S(=O)(=O)C1CCC(C)CC1. The summed E-state index contributed by atoms with van der Waals surface area (Å²) >= 11 is 6.44. The largest absolute Gasteiger partial charge is 0.481 e.